The van der Waals surface area contributed by atoms with Gasteiger partial charge in [0.15, 0.2) is 6.10 Å². The largest absolute Gasteiger partial charge is 0.481 e. The molecule has 0 aliphatic carbocycles. The van der Waals surface area contributed by atoms with Gasteiger partial charge in [0.25, 0.3) is 5.78 Å². The number of carbonyl (C=O) groups excluding carboxylic acids is 2. The summed E-state index contributed by atoms with van der Waals surface area (Å²) in [6.45, 7) is 1.05. The molecule has 0 aliphatic rings. The Labute approximate surface area is 78.3 Å². The van der Waals surface area contributed by atoms with Crippen LogP contribution in [0.15, 0.2) is 0 Å². The highest BCUT2D eigenvalue weighted by Crippen LogP contribution is 1.95. The van der Waals surface area contributed by atoms with E-state index < -0.39 is 36.2 Å². The average molecular weight is 204 g/mol. The molecular formula is C7H8O7. The summed E-state index contributed by atoms with van der Waals surface area (Å²) in [5, 5.41) is 16.4. The maximum atomic E-state index is 10.7. The summed E-state index contributed by atoms with van der Waals surface area (Å²) in [5.74, 6) is -5.63. The number of esters is 1. The Morgan fingerprint density at radius 2 is 1.71 bits per heavy atom. The van der Waals surface area contributed by atoms with Gasteiger partial charge in [-0.2, -0.15) is 0 Å². The second-order valence-electron chi connectivity index (χ2n) is 2.38. The molecule has 0 bridgehead atoms. The van der Waals surface area contributed by atoms with E-state index in [9.17, 15) is 19.2 Å². The molecule has 0 aromatic rings. The molecule has 0 radical (unpaired) electrons. The molecule has 0 amide bonds. The van der Waals surface area contributed by atoms with Crippen molar-refractivity contribution in [3.8, 4) is 0 Å². The van der Waals surface area contributed by atoms with E-state index >= 15 is 0 Å². The van der Waals surface area contributed by atoms with Crippen molar-refractivity contribution in [2.24, 2.45) is 0 Å². The minimum Gasteiger partial charge on any atom is -0.481 e. The predicted octanol–water partition coefficient (Wildman–Crippen LogP) is -0.954. The summed E-state index contributed by atoms with van der Waals surface area (Å²) in [7, 11) is 0. The van der Waals surface area contributed by atoms with Gasteiger partial charge < -0.3 is 14.9 Å². The quantitative estimate of drug-likeness (QED) is 0.336. The standard InChI is InChI=1S/C7H8O7/c1-3(6(11)12)14-7(13)4(8)2-5(9)10/h3H,2H2,1H3,(H,9,10)(H,11,12). The van der Waals surface area contributed by atoms with E-state index in [1.807, 2.05) is 0 Å². The number of hydrogen-bond acceptors (Lipinski definition) is 5. The van der Waals surface area contributed by atoms with Crippen molar-refractivity contribution in [2.45, 2.75) is 19.4 Å². The molecule has 0 heterocycles. The highest BCUT2D eigenvalue weighted by atomic mass is 16.6. The first-order valence-corrected chi connectivity index (χ1v) is 3.53. The molecule has 1 atom stereocenters. The monoisotopic (exact) mass is 204 g/mol. The summed E-state index contributed by atoms with van der Waals surface area (Å²) in [5.41, 5.74) is 0. The molecule has 0 rings (SSSR count). The van der Waals surface area contributed by atoms with E-state index in [4.69, 9.17) is 10.2 Å². The van der Waals surface area contributed by atoms with Gasteiger partial charge in [-0.25, -0.2) is 9.59 Å². The van der Waals surface area contributed by atoms with Gasteiger partial charge in [0.2, 0.25) is 0 Å². The van der Waals surface area contributed by atoms with Gasteiger partial charge in [0, 0.05) is 0 Å². The average Bonchev–Trinajstić information content (AvgIpc) is 2.02. The van der Waals surface area contributed by atoms with Crippen molar-refractivity contribution in [1.82, 2.24) is 0 Å². The zero-order valence-corrected chi connectivity index (χ0v) is 7.22. The van der Waals surface area contributed by atoms with Crippen LogP contribution in [0, 0.1) is 0 Å². The van der Waals surface area contributed by atoms with Gasteiger partial charge >= 0.3 is 17.9 Å². The maximum absolute atomic E-state index is 10.7. The number of carboxylic acids is 2. The van der Waals surface area contributed by atoms with Crippen molar-refractivity contribution < 1.29 is 34.1 Å². The van der Waals surface area contributed by atoms with Crippen molar-refractivity contribution >= 4 is 23.7 Å². The third-order valence-corrected chi connectivity index (χ3v) is 1.17. The van der Waals surface area contributed by atoms with Gasteiger partial charge in [-0.05, 0) is 6.92 Å². The highest BCUT2D eigenvalue weighted by Gasteiger charge is 2.23. The molecule has 2 N–H and O–H groups in total. The van der Waals surface area contributed by atoms with E-state index in [-0.39, 0.29) is 0 Å². The topological polar surface area (TPSA) is 118 Å². The van der Waals surface area contributed by atoms with E-state index in [1.165, 1.54) is 0 Å². The molecule has 78 valence electrons. The minimum atomic E-state index is -1.48. The van der Waals surface area contributed by atoms with E-state index in [0.29, 0.717) is 0 Å². The molecule has 0 aromatic carbocycles. The Morgan fingerprint density at radius 3 is 2.07 bits per heavy atom. The third-order valence-electron chi connectivity index (χ3n) is 1.17. The first kappa shape index (κ1) is 12.1. The Kier molecular flexibility index (Phi) is 4.27. The zero-order valence-electron chi connectivity index (χ0n) is 7.22. The number of carbonyl (C=O) groups is 4. The number of ketones is 1. The second-order valence-corrected chi connectivity index (χ2v) is 2.38. The maximum Gasteiger partial charge on any atom is 0.376 e. The Balaban J connectivity index is 4.15. The Morgan fingerprint density at radius 1 is 1.21 bits per heavy atom. The van der Waals surface area contributed by atoms with Gasteiger partial charge in [-0.15, -0.1) is 0 Å². The number of carboxylic acid groups (broad SMARTS) is 2. The van der Waals surface area contributed by atoms with Gasteiger partial charge in [-0.1, -0.05) is 0 Å². The van der Waals surface area contributed by atoms with Crippen LogP contribution in [-0.2, 0) is 23.9 Å². The second kappa shape index (κ2) is 4.95. The van der Waals surface area contributed by atoms with Gasteiger partial charge in [0.1, 0.15) is 6.42 Å². The van der Waals surface area contributed by atoms with Crippen LogP contribution >= 0.6 is 0 Å². The molecular weight excluding hydrogens is 196 g/mol. The lowest BCUT2D eigenvalue weighted by molar-refractivity contribution is -0.166. The molecule has 0 saturated heterocycles. The lowest BCUT2D eigenvalue weighted by atomic mass is 10.3. The summed E-state index contributed by atoms with van der Waals surface area (Å²) >= 11 is 0. The summed E-state index contributed by atoms with van der Waals surface area (Å²) in [4.78, 5) is 41.5. The van der Waals surface area contributed by atoms with Crippen molar-refractivity contribution in [3.05, 3.63) is 0 Å². The Bertz CT molecular complexity index is 280. The molecule has 0 aliphatic heterocycles. The summed E-state index contributed by atoms with van der Waals surface area (Å²) in [6, 6.07) is 0. The Hall–Kier alpha value is -1.92. The fourth-order valence-corrected chi connectivity index (χ4v) is 0.486. The molecule has 0 spiro atoms. The van der Waals surface area contributed by atoms with E-state index in [0.717, 1.165) is 6.92 Å². The molecule has 1 unspecified atom stereocenters. The minimum absolute atomic E-state index is 1.01. The van der Waals surface area contributed by atoms with E-state index in [2.05, 4.69) is 4.74 Å². The predicted molar refractivity (Wildman–Crippen MR) is 40.4 cm³/mol. The molecule has 0 aromatic heterocycles. The first-order chi connectivity index (χ1) is 6.34. The lowest BCUT2D eigenvalue weighted by Crippen LogP contribution is -2.29. The third kappa shape index (κ3) is 4.19. The highest BCUT2D eigenvalue weighted by molar-refractivity contribution is 6.36. The van der Waals surface area contributed by atoms with Gasteiger partial charge in [-0.3, -0.25) is 9.59 Å². The number of Topliss-reactive ketones (excluding diaryl/α,β-unsaturated/α-hetero) is 1. The number of aliphatic carboxylic acids is 2. The molecule has 14 heavy (non-hydrogen) atoms. The van der Waals surface area contributed by atoms with Crippen molar-refractivity contribution in [1.29, 1.82) is 0 Å². The van der Waals surface area contributed by atoms with Gasteiger partial charge in [0.05, 0.1) is 0 Å². The number of rotatable bonds is 5. The number of ether oxygens (including phenoxy) is 1. The normalized spacial score (nSPS) is 11.5. The van der Waals surface area contributed by atoms with Crippen LogP contribution in [0.1, 0.15) is 13.3 Å². The van der Waals surface area contributed by atoms with Crippen LogP contribution in [-0.4, -0.2) is 40.0 Å². The fraction of sp³-hybridized carbons (Fsp3) is 0.429. The SMILES string of the molecule is CC(OC(=O)C(=O)CC(=O)O)C(=O)O. The van der Waals surface area contributed by atoms with Crippen molar-refractivity contribution in [2.75, 3.05) is 0 Å². The van der Waals surface area contributed by atoms with Crippen LogP contribution < -0.4 is 0 Å². The zero-order chi connectivity index (χ0) is 11.3. The molecule has 0 saturated carbocycles. The van der Waals surface area contributed by atoms with Crippen LogP contribution in [0.4, 0.5) is 0 Å². The van der Waals surface area contributed by atoms with Crippen LogP contribution in [0.25, 0.3) is 0 Å². The van der Waals surface area contributed by atoms with Crippen LogP contribution in [0.2, 0.25) is 0 Å². The summed E-state index contributed by atoms with van der Waals surface area (Å²) < 4.78 is 4.12. The van der Waals surface area contributed by atoms with Crippen LogP contribution in [0.5, 0.6) is 0 Å². The number of hydrogen-bond donors (Lipinski definition) is 2. The van der Waals surface area contributed by atoms with E-state index in [1.54, 1.807) is 0 Å². The van der Waals surface area contributed by atoms with Crippen LogP contribution in [0.3, 0.4) is 0 Å². The lowest BCUT2D eigenvalue weighted by Gasteiger charge is -2.06. The smallest absolute Gasteiger partial charge is 0.376 e. The summed E-state index contributed by atoms with van der Waals surface area (Å²) in [6.07, 6.45) is -2.48. The first-order valence-electron chi connectivity index (χ1n) is 3.53. The van der Waals surface area contributed by atoms with Crippen molar-refractivity contribution in [3.63, 3.8) is 0 Å². The fourth-order valence-electron chi connectivity index (χ4n) is 0.486. The molecule has 7 nitrogen and oxygen atoms in total. The molecule has 0 fully saturated rings. The molecule has 7 heteroatoms.